The Labute approximate surface area is 219 Å². The molecule has 38 heavy (non-hydrogen) atoms. The topological polar surface area (TPSA) is 152 Å². The fourth-order valence-electron chi connectivity index (χ4n) is 5.55. The van der Waals surface area contributed by atoms with E-state index in [0.29, 0.717) is 5.56 Å². The average molecular weight is 519 g/mol. The summed E-state index contributed by atoms with van der Waals surface area (Å²) in [6.07, 6.45) is -1.08. The number of aliphatic carboxylic acids is 1. The minimum Gasteiger partial charge on any atom is -0.480 e. The fraction of sp³-hybridized carbons (Fsp3) is 0.357. The Hall–Kier alpha value is -4.18. The zero-order valence-corrected chi connectivity index (χ0v) is 21.3. The molecule has 2 aliphatic heterocycles. The number of carbonyl (C=O) groups is 4. The van der Waals surface area contributed by atoms with E-state index >= 15 is 0 Å². The predicted octanol–water partition coefficient (Wildman–Crippen LogP) is 1.73. The Morgan fingerprint density at radius 2 is 1.68 bits per heavy atom. The van der Waals surface area contributed by atoms with Gasteiger partial charge in [0.15, 0.2) is 6.04 Å². The number of nitrogens with one attached hydrogen (secondary N) is 3. The number of carboxylic acid groups (broad SMARTS) is 1. The van der Waals surface area contributed by atoms with Crippen molar-refractivity contribution >= 4 is 34.6 Å². The SMILES string of the molecule is CC(C)[C@H](NC(=O)[C@@H]1Cc2c([nH]c3ccccc23)[C@@H]2c3ccccc3C(=O)N21)C(=O)N[C@@H](C(=O)O)[C@H](C)O. The molecule has 0 bridgehead atoms. The maximum absolute atomic E-state index is 13.8. The molecular weight excluding hydrogens is 488 g/mol. The van der Waals surface area contributed by atoms with E-state index in [4.69, 9.17) is 0 Å². The Morgan fingerprint density at radius 3 is 2.37 bits per heavy atom. The molecular formula is C28H30N4O6. The van der Waals surface area contributed by atoms with Gasteiger partial charge in [0.2, 0.25) is 11.8 Å². The maximum atomic E-state index is 13.8. The van der Waals surface area contributed by atoms with E-state index in [1.165, 1.54) is 6.92 Å². The molecule has 2 aliphatic rings. The number of amides is 3. The lowest BCUT2D eigenvalue weighted by atomic mass is 9.89. The zero-order valence-electron chi connectivity index (χ0n) is 21.3. The number of fused-ring (bicyclic) bond motifs is 7. The molecule has 5 rings (SSSR count). The zero-order chi connectivity index (χ0) is 27.3. The molecule has 3 heterocycles. The normalized spacial score (nSPS) is 20.3. The molecule has 3 amide bonds. The summed E-state index contributed by atoms with van der Waals surface area (Å²) >= 11 is 0. The minimum atomic E-state index is -1.52. The van der Waals surface area contributed by atoms with E-state index in [0.717, 1.165) is 27.7 Å². The second-order valence-electron chi connectivity index (χ2n) is 10.3. The molecule has 0 aliphatic carbocycles. The number of carboxylic acids is 1. The highest BCUT2D eigenvalue weighted by molar-refractivity contribution is 6.04. The molecule has 0 saturated carbocycles. The van der Waals surface area contributed by atoms with Crippen LogP contribution in [-0.4, -0.2) is 68.0 Å². The van der Waals surface area contributed by atoms with Crippen molar-refractivity contribution < 1.29 is 29.4 Å². The Balaban J connectivity index is 1.50. The quantitative estimate of drug-likeness (QED) is 0.321. The summed E-state index contributed by atoms with van der Waals surface area (Å²) in [6, 6.07) is 11.1. The molecule has 0 unspecified atom stereocenters. The van der Waals surface area contributed by atoms with Crippen molar-refractivity contribution in [3.8, 4) is 0 Å². The summed E-state index contributed by atoms with van der Waals surface area (Å²) in [5.41, 5.74) is 4.06. The van der Waals surface area contributed by atoms with Crippen molar-refractivity contribution in [1.29, 1.82) is 0 Å². The van der Waals surface area contributed by atoms with Gasteiger partial charge in [-0.3, -0.25) is 14.4 Å². The lowest BCUT2D eigenvalue weighted by Gasteiger charge is -2.38. The van der Waals surface area contributed by atoms with E-state index in [2.05, 4.69) is 15.6 Å². The molecule has 5 N–H and O–H groups in total. The minimum absolute atomic E-state index is 0.249. The third-order valence-electron chi connectivity index (χ3n) is 7.45. The highest BCUT2D eigenvalue weighted by Gasteiger charge is 2.49. The van der Waals surface area contributed by atoms with Gasteiger partial charge in [-0.1, -0.05) is 50.2 Å². The van der Waals surface area contributed by atoms with Gasteiger partial charge in [-0.15, -0.1) is 0 Å². The monoisotopic (exact) mass is 518 g/mol. The number of hydrogen-bond acceptors (Lipinski definition) is 5. The molecule has 0 saturated heterocycles. The number of H-pyrrole nitrogens is 1. The summed E-state index contributed by atoms with van der Waals surface area (Å²) in [4.78, 5) is 57.0. The van der Waals surface area contributed by atoms with Crippen molar-refractivity contribution in [3.05, 3.63) is 70.9 Å². The van der Waals surface area contributed by atoms with Crippen LogP contribution in [0.25, 0.3) is 10.9 Å². The highest BCUT2D eigenvalue weighted by atomic mass is 16.4. The lowest BCUT2D eigenvalue weighted by Crippen LogP contribution is -2.60. The molecule has 0 radical (unpaired) electrons. The fourth-order valence-corrected chi connectivity index (χ4v) is 5.55. The van der Waals surface area contributed by atoms with Crippen molar-refractivity contribution in [2.45, 2.75) is 57.5 Å². The third kappa shape index (κ3) is 4.10. The molecule has 10 nitrogen and oxygen atoms in total. The first-order valence-electron chi connectivity index (χ1n) is 12.6. The van der Waals surface area contributed by atoms with Gasteiger partial charge in [-0.05, 0) is 36.1 Å². The molecule has 198 valence electrons. The number of aliphatic hydroxyl groups is 1. The van der Waals surface area contributed by atoms with Crippen LogP contribution in [0.15, 0.2) is 48.5 Å². The largest absolute Gasteiger partial charge is 0.480 e. The maximum Gasteiger partial charge on any atom is 0.328 e. The smallest absolute Gasteiger partial charge is 0.328 e. The van der Waals surface area contributed by atoms with Crippen LogP contribution in [-0.2, 0) is 20.8 Å². The van der Waals surface area contributed by atoms with Crippen LogP contribution < -0.4 is 10.6 Å². The van der Waals surface area contributed by atoms with Crippen LogP contribution in [0.4, 0.5) is 0 Å². The van der Waals surface area contributed by atoms with Gasteiger partial charge in [-0.25, -0.2) is 4.79 Å². The number of aromatic nitrogens is 1. The number of rotatable bonds is 7. The van der Waals surface area contributed by atoms with Crippen LogP contribution in [0.3, 0.4) is 0 Å². The van der Waals surface area contributed by atoms with E-state index in [1.54, 1.807) is 30.9 Å². The number of aliphatic hydroxyl groups excluding tert-OH is 1. The van der Waals surface area contributed by atoms with Gasteiger partial charge in [0.1, 0.15) is 12.1 Å². The highest BCUT2D eigenvalue weighted by Crippen LogP contribution is 2.46. The number of benzene rings is 2. The summed E-state index contributed by atoms with van der Waals surface area (Å²) in [5.74, 6) is -3.27. The first kappa shape index (κ1) is 25.5. The van der Waals surface area contributed by atoms with Gasteiger partial charge in [0.05, 0.1) is 12.1 Å². The van der Waals surface area contributed by atoms with E-state index in [1.807, 2.05) is 36.4 Å². The van der Waals surface area contributed by atoms with Crippen LogP contribution in [0, 0.1) is 5.92 Å². The number of carbonyl (C=O) groups excluding carboxylic acids is 3. The summed E-state index contributed by atoms with van der Waals surface area (Å²) in [7, 11) is 0. The first-order chi connectivity index (χ1) is 18.1. The van der Waals surface area contributed by atoms with Crippen molar-refractivity contribution in [2.75, 3.05) is 0 Å². The van der Waals surface area contributed by atoms with Gasteiger partial charge >= 0.3 is 5.97 Å². The Bertz CT molecular complexity index is 1440. The number of aromatic amines is 1. The Kier molecular flexibility index (Phi) is 6.44. The molecule has 5 atom stereocenters. The standard InChI is InChI=1S/C28H30N4O6/c1-13(2)21(26(35)31-22(14(3)33)28(37)38)30-25(34)20-12-18-15-8-6-7-11-19(15)29-23(18)24-16-9-4-5-10-17(16)27(36)32(20)24/h4-11,13-14,20-22,24,29,33H,12H2,1-3H3,(H,30,34)(H,31,35)(H,37,38)/t14-,20-,21-,22+,24-/m0/s1. The summed E-state index contributed by atoms with van der Waals surface area (Å²) in [6.45, 7) is 4.71. The van der Waals surface area contributed by atoms with Gasteiger partial charge in [0, 0.05) is 28.6 Å². The molecule has 1 aromatic heterocycles. The number of nitrogens with zero attached hydrogens (tertiary/aromatic N) is 1. The number of para-hydroxylation sites is 1. The average Bonchev–Trinajstić information content (AvgIpc) is 3.40. The second-order valence-corrected chi connectivity index (χ2v) is 10.3. The Morgan fingerprint density at radius 1 is 1.00 bits per heavy atom. The van der Waals surface area contributed by atoms with Gasteiger partial charge in [-0.2, -0.15) is 0 Å². The molecule has 10 heteroatoms. The second kappa shape index (κ2) is 9.60. The van der Waals surface area contributed by atoms with Crippen molar-refractivity contribution in [2.24, 2.45) is 5.92 Å². The van der Waals surface area contributed by atoms with E-state index < -0.39 is 54.0 Å². The van der Waals surface area contributed by atoms with Crippen LogP contribution in [0.1, 0.15) is 54.0 Å². The van der Waals surface area contributed by atoms with Crippen molar-refractivity contribution in [3.63, 3.8) is 0 Å². The lowest BCUT2D eigenvalue weighted by molar-refractivity contribution is -0.145. The third-order valence-corrected chi connectivity index (χ3v) is 7.45. The predicted molar refractivity (Wildman–Crippen MR) is 138 cm³/mol. The molecule has 0 spiro atoms. The first-order valence-corrected chi connectivity index (χ1v) is 12.6. The molecule has 3 aromatic rings. The van der Waals surface area contributed by atoms with E-state index in [9.17, 15) is 29.4 Å². The molecule has 0 fully saturated rings. The van der Waals surface area contributed by atoms with Crippen molar-refractivity contribution in [1.82, 2.24) is 20.5 Å². The molecule has 2 aromatic carbocycles. The van der Waals surface area contributed by atoms with Crippen LogP contribution in [0.5, 0.6) is 0 Å². The van der Waals surface area contributed by atoms with Gasteiger partial charge in [0.25, 0.3) is 5.91 Å². The number of hydrogen-bond donors (Lipinski definition) is 5. The van der Waals surface area contributed by atoms with E-state index in [-0.39, 0.29) is 12.3 Å². The summed E-state index contributed by atoms with van der Waals surface area (Å²) in [5, 5.41) is 25.2. The summed E-state index contributed by atoms with van der Waals surface area (Å²) < 4.78 is 0. The van der Waals surface area contributed by atoms with Crippen LogP contribution in [0.2, 0.25) is 0 Å². The van der Waals surface area contributed by atoms with Gasteiger partial charge < -0.3 is 30.7 Å². The van der Waals surface area contributed by atoms with Crippen LogP contribution >= 0.6 is 0 Å².